The number of nitrogens with zero attached hydrogens (tertiary/aromatic N) is 10. The quantitative estimate of drug-likeness (QED) is 0.154. The Bertz CT molecular complexity index is 2760. The highest BCUT2D eigenvalue weighted by Gasteiger charge is 2.40. The molecule has 2 saturated carbocycles. The number of para-hydroxylation sites is 1. The first-order chi connectivity index (χ1) is 31.1. The number of hydrogen-bond acceptors (Lipinski definition) is 11. The highest BCUT2D eigenvalue weighted by Crippen LogP contribution is 2.39. The van der Waals surface area contributed by atoms with Crippen LogP contribution in [0.4, 0.5) is 20.3 Å². The van der Waals surface area contributed by atoms with Gasteiger partial charge in [-0.05, 0) is 75.5 Å². The molecule has 1 unspecified atom stereocenters. The first-order valence-electron chi connectivity index (χ1n) is 22.6. The fourth-order valence-electron chi connectivity index (χ4n) is 10.5. The van der Waals surface area contributed by atoms with Crippen molar-refractivity contribution in [2.24, 2.45) is 5.92 Å². The number of carbonyl (C=O) groups is 3. The largest absolute Gasteiger partial charge is 0.374 e. The molecule has 4 saturated heterocycles. The predicted molar refractivity (Wildman–Crippen MR) is 230 cm³/mol. The Morgan fingerprint density at radius 3 is 2.48 bits per heavy atom. The van der Waals surface area contributed by atoms with E-state index < -0.39 is 30.0 Å². The summed E-state index contributed by atoms with van der Waals surface area (Å²) in [5.41, 5.74) is 2.06. The molecule has 17 nitrogen and oxygen atoms in total. The lowest BCUT2D eigenvalue weighted by atomic mass is 9.85. The number of halogens is 2. The third-order valence-electron chi connectivity index (χ3n) is 14.1. The summed E-state index contributed by atoms with van der Waals surface area (Å²) < 4.78 is 40.9. The van der Waals surface area contributed by atoms with Crippen LogP contribution in [0.15, 0.2) is 47.7 Å². The van der Waals surface area contributed by atoms with Gasteiger partial charge in [0.25, 0.3) is 12.3 Å². The summed E-state index contributed by atoms with van der Waals surface area (Å²) in [4.78, 5) is 63.7. The van der Waals surface area contributed by atoms with Gasteiger partial charge in [0, 0.05) is 64.1 Å². The fourth-order valence-corrected chi connectivity index (χ4v) is 10.5. The van der Waals surface area contributed by atoms with Crippen LogP contribution in [0.3, 0.4) is 0 Å². The molecule has 2 aliphatic carbocycles. The van der Waals surface area contributed by atoms with Gasteiger partial charge in [-0.15, -0.1) is 0 Å². The maximum Gasteiger partial charge on any atom is 0.330 e. The average Bonchev–Trinajstić information content (AvgIpc) is 3.69. The van der Waals surface area contributed by atoms with Crippen molar-refractivity contribution in [2.75, 3.05) is 62.6 Å². The molecule has 1 aromatic carbocycles. The SMILES string of the molecule is O=C1CCC(n2c(=O)n(C3CC3)c3c(C#CCN4CCN(CC5CCC(n6cc(NC(=O)c7cnn8ccc(N9C[C@H]%10C[C@@H]9CO%10)nc78)c(C(F)F)n6)CC5)CC4)cccc32)C(=O)N1. The minimum Gasteiger partial charge on any atom is -0.374 e. The number of aromatic nitrogens is 7. The molecule has 8 heterocycles. The van der Waals surface area contributed by atoms with Gasteiger partial charge in [0.05, 0.1) is 59.8 Å². The molecule has 6 aliphatic rings. The Morgan fingerprint density at radius 1 is 0.953 bits per heavy atom. The lowest BCUT2D eigenvalue weighted by molar-refractivity contribution is -0.135. The third-order valence-corrected chi connectivity index (χ3v) is 14.1. The molecule has 6 fully saturated rings. The number of hydrogen-bond donors (Lipinski definition) is 2. The van der Waals surface area contributed by atoms with Gasteiger partial charge in [-0.2, -0.15) is 10.2 Å². The number of carbonyl (C=O) groups excluding carboxylic acids is 3. The molecule has 0 spiro atoms. The van der Waals surface area contributed by atoms with Gasteiger partial charge in [0.2, 0.25) is 11.8 Å². The van der Waals surface area contributed by atoms with Crippen LogP contribution in [0.5, 0.6) is 0 Å². The molecule has 334 valence electrons. The van der Waals surface area contributed by atoms with Crippen LogP contribution in [0.1, 0.15) is 104 Å². The van der Waals surface area contributed by atoms with Crippen molar-refractivity contribution in [3.8, 4) is 11.8 Å². The van der Waals surface area contributed by atoms with Crippen molar-refractivity contribution in [1.82, 2.24) is 48.6 Å². The van der Waals surface area contributed by atoms with Crippen LogP contribution in [0.2, 0.25) is 0 Å². The molecular weight excluding hydrogens is 827 g/mol. The molecule has 2 N–H and O–H groups in total. The van der Waals surface area contributed by atoms with Crippen LogP contribution in [0.25, 0.3) is 16.7 Å². The van der Waals surface area contributed by atoms with E-state index in [0.717, 1.165) is 101 Å². The van der Waals surface area contributed by atoms with E-state index in [0.29, 0.717) is 36.7 Å². The fraction of sp³-hybridized carbons (Fsp3) is 0.533. The summed E-state index contributed by atoms with van der Waals surface area (Å²) >= 11 is 0. The number of fused-ring (bicyclic) bond motifs is 4. The monoisotopic (exact) mass is 876 g/mol. The molecule has 3 amide bonds. The summed E-state index contributed by atoms with van der Waals surface area (Å²) in [5.74, 6) is 6.60. The van der Waals surface area contributed by atoms with Gasteiger partial charge >= 0.3 is 5.69 Å². The average molecular weight is 877 g/mol. The number of imide groups is 1. The number of benzene rings is 1. The molecule has 11 rings (SSSR count). The zero-order valence-electron chi connectivity index (χ0n) is 35.4. The summed E-state index contributed by atoms with van der Waals surface area (Å²) in [6.07, 6.45) is 8.77. The topological polar surface area (TPSA) is 169 Å². The van der Waals surface area contributed by atoms with Crippen LogP contribution >= 0.6 is 0 Å². The van der Waals surface area contributed by atoms with E-state index in [1.54, 1.807) is 26.2 Å². The number of nitrogens with one attached hydrogen (secondary N) is 2. The number of morpholine rings is 1. The standard InChI is InChI=1S/C45H50F2N12O5/c46-41(47)39-34(49-43(61)33-22-48-56-16-14-37(50-42(33)56)55-24-32-21-31(55)26-64-32)25-57(52-39)29-8-6-27(7-9-29)23-54-19-17-53(18-20-54)15-2-4-28-3-1-5-35-40(28)58(30-10-11-30)45(63)59(35)36-12-13-38(60)51-44(36)62/h1,3,5,14,16,22,25,27,29-32,36,41H,6-13,15,17-21,23-24,26H2,(H,49,61)(H,51,60,62)/t27?,29?,31-,32-,36?/m1/s1. The van der Waals surface area contributed by atoms with Crippen molar-refractivity contribution in [1.29, 1.82) is 0 Å². The number of piperidine rings is 1. The molecule has 64 heavy (non-hydrogen) atoms. The number of rotatable bonds is 10. The number of imidazole rings is 1. The second-order valence-electron chi connectivity index (χ2n) is 18.2. The van der Waals surface area contributed by atoms with Gasteiger partial charge in [-0.1, -0.05) is 17.9 Å². The highest BCUT2D eigenvalue weighted by atomic mass is 19.3. The molecule has 19 heteroatoms. The predicted octanol–water partition coefficient (Wildman–Crippen LogP) is 3.92. The maximum absolute atomic E-state index is 14.3. The normalized spacial score (nSPS) is 25.4. The number of amides is 3. The first kappa shape index (κ1) is 40.8. The van der Waals surface area contributed by atoms with Crippen molar-refractivity contribution in [2.45, 2.75) is 94.5 Å². The molecule has 2 bridgehead atoms. The Kier molecular flexibility index (Phi) is 10.5. The van der Waals surface area contributed by atoms with Crippen molar-refractivity contribution in [3.63, 3.8) is 0 Å². The minimum absolute atomic E-state index is 0.00590. The molecule has 4 aliphatic heterocycles. The number of alkyl halides is 2. The first-order valence-corrected chi connectivity index (χ1v) is 22.6. The Hall–Kier alpha value is -5.97. The van der Waals surface area contributed by atoms with Crippen molar-refractivity contribution >= 4 is 45.9 Å². The molecular formula is C45H50F2N12O5. The van der Waals surface area contributed by atoms with E-state index >= 15 is 0 Å². The van der Waals surface area contributed by atoms with Gasteiger partial charge < -0.3 is 19.9 Å². The number of anilines is 2. The van der Waals surface area contributed by atoms with Crippen molar-refractivity contribution in [3.05, 3.63) is 70.2 Å². The van der Waals surface area contributed by atoms with E-state index in [-0.39, 0.29) is 53.5 Å². The lowest BCUT2D eigenvalue weighted by Crippen LogP contribution is -2.48. The zero-order chi connectivity index (χ0) is 43.6. The number of piperazine rings is 1. The van der Waals surface area contributed by atoms with Crippen LogP contribution in [-0.4, -0.2) is 126 Å². The molecule has 3 atom stereocenters. The van der Waals surface area contributed by atoms with Gasteiger partial charge in [0.1, 0.15) is 17.4 Å². The Labute approximate surface area is 366 Å². The molecule has 4 aromatic heterocycles. The van der Waals surface area contributed by atoms with Crippen LogP contribution in [0, 0.1) is 17.8 Å². The summed E-state index contributed by atoms with van der Waals surface area (Å²) in [5, 5.41) is 13.7. The third kappa shape index (κ3) is 7.64. The van der Waals surface area contributed by atoms with Gasteiger partial charge in [0.15, 0.2) is 11.3 Å². The molecule has 5 aromatic rings. The maximum atomic E-state index is 14.3. The van der Waals surface area contributed by atoms with E-state index in [4.69, 9.17) is 9.72 Å². The second kappa shape index (κ2) is 16.5. The smallest absolute Gasteiger partial charge is 0.330 e. The zero-order valence-corrected chi connectivity index (χ0v) is 35.4. The van der Waals surface area contributed by atoms with Crippen LogP contribution in [-0.2, 0) is 14.3 Å². The minimum atomic E-state index is -2.86. The van der Waals surface area contributed by atoms with E-state index in [2.05, 4.69) is 47.4 Å². The Morgan fingerprint density at radius 2 is 1.75 bits per heavy atom. The van der Waals surface area contributed by atoms with Gasteiger partial charge in [-0.25, -0.2) is 23.1 Å². The highest BCUT2D eigenvalue weighted by molar-refractivity contribution is 6.08. The van der Waals surface area contributed by atoms with Crippen molar-refractivity contribution < 1.29 is 27.9 Å². The lowest BCUT2D eigenvalue weighted by Gasteiger charge is -2.37. The van der Waals surface area contributed by atoms with E-state index in [9.17, 15) is 28.0 Å². The second-order valence-corrected chi connectivity index (χ2v) is 18.2. The number of ether oxygens (including phenoxy) is 1. The van der Waals surface area contributed by atoms with E-state index in [1.165, 1.54) is 10.7 Å². The molecule has 0 radical (unpaired) electrons. The van der Waals surface area contributed by atoms with Crippen LogP contribution < -0.4 is 21.2 Å². The van der Waals surface area contributed by atoms with Gasteiger partial charge in [-0.3, -0.25) is 38.4 Å². The summed E-state index contributed by atoms with van der Waals surface area (Å²) in [6, 6.07) is 7.08. The summed E-state index contributed by atoms with van der Waals surface area (Å²) in [7, 11) is 0. The van der Waals surface area contributed by atoms with E-state index in [1.807, 2.05) is 24.3 Å². The Balaban J connectivity index is 0.684. The summed E-state index contributed by atoms with van der Waals surface area (Å²) in [6.45, 7) is 6.55.